The molecule has 0 amide bonds. The van der Waals surface area contributed by atoms with Crippen LogP contribution in [0.25, 0.3) is 11.3 Å². The Morgan fingerprint density at radius 2 is 2.00 bits per heavy atom. The molecule has 0 aliphatic heterocycles. The Morgan fingerprint density at radius 1 is 1.21 bits per heavy atom. The number of aromatic hydroxyl groups is 1. The van der Waals surface area contributed by atoms with Crippen LogP contribution in [-0.4, -0.2) is 15.8 Å². The van der Waals surface area contributed by atoms with Gasteiger partial charge in [-0.15, -0.1) is 28.3 Å². The van der Waals surface area contributed by atoms with E-state index >= 15 is 0 Å². The van der Waals surface area contributed by atoms with Crippen molar-refractivity contribution in [1.82, 2.24) is 4.98 Å². The number of nitrogens with two attached hydrogens (primary N) is 1. The molecular formula is C17H17BrN4OS. The zero-order chi connectivity index (χ0) is 16.2. The van der Waals surface area contributed by atoms with Gasteiger partial charge in [0, 0.05) is 16.6 Å². The number of nitrogen functional groups attached to an aromatic ring is 1. The summed E-state index contributed by atoms with van der Waals surface area (Å²) in [5.74, 6) is 0.223. The SMILES string of the molecule is Br.CC(=NNc1nc(-c2cccc(O)c2)cs1)c1cccc(N)c1. The van der Waals surface area contributed by atoms with Crippen molar-refractivity contribution in [2.75, 3.05) is 11.2 Å². The van der Waals surface area contributed by atoms with E-state index in [1.54, 1.807) is 18.2 Å². The predicted molar refractivity (Wildman–Crippen MR) is 106 cm³/mol. The average molecular weight is 405 g/mol. The number of nitrogens with zero attached hydrogens (tertiary/aromatic N) is 2. The van der Waals surface area contributed by atoms with Crippen LogP contribution in [0.15, 0.2) is 59.0 Å². The fourth-order valence-corrected chi connectivity index (χ4v) is 2.74. The van der Waals surface area contributed by atoms with Gasteiger partial charge < -0.3 is 10.8 Å². The molecule has 3 rings (SSSR count). The summed E-state index contributed by atoms with van der Waals surface area (Å²) in [5.41, 5.74) is 12.9. The number of benzene rings is 2. The first kappa shape index (κ1) is 18.0. The van der Waals surface area contributed by atoms with Gasteiger partial charge in [0.2, 0.25) is 5.13 Å². The highest BCUT2D eigenvalue weighted by molar-refractivity contribution is 8.93. The lowest BCUT2D eigenvalue weighted by atomic mass is 10.1. The van der Waals surface area contributed by atoms with Gasteiger partial charge in [0.15, 0.2) is 0 Å². The fraction of sp³-hybridized carbons (Fsp3) is 0.0588. The third-order valence-electron chi connectivity index (χ3n) is 3.27. The smallest absolute Gasteiger partial charge is 0.203 e. The molecule has 1 heterocycles. The van der Waals surface area contributed by atoms with Crippen molar-refractivity contribution in [3.05, 3.63) is 59.5 Å². The molecular weight excluding hydrogens is 388 g/mol. The molecule has 0 saturated heterocycles. The van der Waals surface area contributed by atoms with Crippen molar-refractivity contribution >= 4 is 44.8 Å². The van der Waals surface area contributed by atoms with Gasteiger partial charge in [-0.2, -0.15) is 5.10 Å². The van der Waals surface area contributed by atoms with Crippen molar-refractivity contribution in [3.63, 3.8) is 0 Å². The second kappa shape index (κ2) is 7.94. The lowest BCUT2D eigenvalue weighted by Crippen LogP contribution is -2.00. The normalized spacial score (nSPS) is 11.0. The highest BCUT2D eigenvalue weighted by Crippen LogP contribution is 2.27. The van der Waals surface area contributed by atoms with Crippen molar-refractivity contribution in [3.8, 4) is 17.0 Å². The molecule has 0 unspecified atom stereocenters. The van der Waals surface area contributed by atoms with Crippen LogP contribution >= 0.6 is 28.3 Å². The molecule has 3 aromatic rings. The number of halogens is 1. The molecule has 0 aliphatic carbocycles. The maximum Gasteiger partial charge on any atom is 0.203 e. The number of phenolic OH excluding ortho intramolecular Hbond substituents is 1. The Bertz CT molecular complexity index is 863. The Kier molecular flexibility index (Phi) is 5.94. The molecule has 4 N–H and O–H groups in total. The van der Waals surface area contributed by atoms with Gasteiger partial charge in [0.05, 0.1) is 11.4 Å². The first-order chi connectivity index (χ1) is 11.1. The molecule has 1 aromatic heterocycles. The van der Waals surface area contributed by atoms with E-state index in [1.165, 1.54) is 11.3 Å². The predicted octanol–water partition coefficient (Wildman–Crippen LogP) is 4.51. The summed E-state index contributed by atoms with van der Waals surface area (Å²) in [6.07, 6.45) is 0. The van der Waals surface area contributed by atoms with Crippen LogP contribution in [0, 0.1) is 0 Å². The van der Waals surface area contributed by atoms with Crippen LogP contribution in [0.2, 0.25) is 0 Å². The number of hydrazone groups is 1. The summed E-state index contributed by atoms with van der Waals surface area (Å²) < 4.78 is 0. The van der Waals surface area contributed by atoms with Crippen LogP contribution in [0.3, 0.4) is 0 Å². The van der Waals surface area contributed by atoms with Crippen LogP contribution in [0.1, 0.15) is 12.5 Å². The van der Waals surface area contributed by atoms with Gasteiger partial charge in [-0.25, -0.2) is 4.98 Å². The van der Waals surface area contributed by atoms with E-state index in [-0.39, 0.29) is 22.7 Å². The summed E-state index contributed by atoms with van der Waals surface area (Å²) in [6.45, 7) is 1.91. The van der Waals surface area contributed by atoms with E-state index in [0.717, 1.165) is 22.5 Å². The number of phenols is 1. The number of rotatable bonds is 4. The lowest BCUT2D eigenvalue weighted by Gasteiger charge is -2.02. The molecule has 0 aliphatic rings. The number of hydrogen-bond acceptors (Lipinski definition) is 6. The third kappa shape index (κ3) is 4.33. The topological polar surface area (TPSA) is 83.5 Å². The van der Waals surface area contributed by atoms with Gasteiger partial charge in [-0.3, -0.25) is 5.43 Å². The second-order valence-corrected chi connectivity index (χ2v) is 5.88. The first-order valence-electron chi connectivity index (χ1n) is 7.03. The molecule has 0 fully saturated rings. The van der Waals surface area contributed by atoms with Crippen LogP contribution in [0.4, 0.5) is 10.8 Å². The van der Waals surface area contributed by atoms with Gasteiger partial charge in [0.25, 0.3) is 0 Å². The van der Waals surface area contributed by atoms with Crippen LogP contribution in [-0.2, 0) is 0 Å². The quantitative estimate of drug-likeness (QED) is 0.339. The molecule has 2 aromatic carbocycles. The molecule has 7 heteroatoms. The molecule has 0 spiro atoms. The molecule has 0 atom stereocenters. The monoisotopic (exact) mass is 404 g/mol. The summed E-state index contributed by atoms with van der Waals surface area (Å²) in [4.78, 5) is 4.47. The molecule has 0 saturated carbocycles. The fourth-order valence-electron chi connectivity index (χ4n) is 2.08. The lowest BCUT2D eigenvalue weighted by molar-refractivity contribution is 0.475. The summed E-state index contributed by atoms with van der Waals surface area (Å²) >= 11 is 1.45. The molecule has 124 valence electrons. The van der Waals surface area contributed by atoms with Crippen LogP contribution in [0.5, 0.6) is 5.75 Å². The molecule has 0 bridgehead atoms. The average Bonchev–Trinajstić information content (AvgIpc) is 3.01. The van der Waals surface area contributed by atoms with E-state index in [4.69, 9.17) is 5.73 Å². The third-order valence-corrected chi connectivity index (χ3v) is 4.02. The minimum atomic E-state index is 0. The molecule has 0 radical (unpaired) electrons. The summed E-state index contributed by atoms with van der Waals surface area (Å²) in [6, 6.07) is 14.6. The number of aromatic nitrogens is 1. The molecule has 24 heavy (non-hydrogen) atoms. The Morgan fingerprint density at radius 3 is 2.75 bits per heavy atom. The Balaban J connectivity index is 0.00000208. The standard InChI is InChI=1S/C17H16N4OS.BrH/c1-11(12-4-2-6-14(18)8-12)20-21-17-19-16(10-23-17)13-5-3-7-15(22)9-13;/h2-10,22H,18H2,1H3,(H,19,21);1H. The summed E-state index contributed by atoms with van der Waals surface area (Å²) in [7, 11) is 0. The van der Waals surface area contributed by atoms with Crippen molar-refractivity contribution in [1.29, 1.82) is 0 Å². The zero-order valence-corrected chi connectivity index (χ0v) is 15.5. The highest BCUT2D eigenvalue weighted by atomic mass is 79.9. The van der Waals surface area contributed by atoms with Gasteiger partial charge in [-0.1, -0.05) is 24.3 Å². The van der Waals surface area contributed by atoms with E-state index in [2.05, 4.69) is 15.5 Å². The number of thiazole rings is 1. The first-order valence-corrected chi connectivity index (χ1v) is 7.91. The maximum atomic E-state index is 9.53. The number of anilines is 2. The van der Waals surface area contributed by atoms with E-state index < -0.39 is 0 Å². The van der Waals surface area contributed by atoms with Crippen molar-refractivity contribution < 1.29 is 5.11 Å². The number of hydrogen-bond donors (Lipinski definition) is 3. The minimum Gasteiger partial charge on any atom is -0.508 e. The van der Waals surface area contributed by atoms with E-state index in [0.29, 0.717) is 10.8 Å². The second-order valence-electron chi connectivity index (χ2n) is 5.02. The van der Waals surface area contributed by atoms with Gasteiger partial charge >= 0.3 is 0 Å². The van der Waals surface area contributed by atoms with E-state index in [1.807, 2.05) is 42.6 Å². The number of nitrogens with one attached hydrogen (secondary N) is 1. The zero-order valence-electron chi connectivity index (χ0n) is 12.9. The highest BCUT2D eigenvalue weighted by Gasteiger charge is 2.05. The maximum absolute atomic E-state index is 9.53. The summed E-state index contributed by atoms with van der Waals surface area (Å²) in [5, 5.41) is 16.5. The van der Waals surface area contributed by atoms with E-state index in [9.17, 15) is 5.11 Å². The van der Waals surface area contributed by atoms with Crippen LogP contribution < -0.4 is 11.2 Å². The van der Waals surface area contributed by atoms with Gasteiger partial charge in [-0.05, 0) is 36.8 Å². The minimum absolute atomic E-state index is 0. The van der Waals surface area contributed by atoms with Crippen molar-refractivity contribution in [2.24, 2.45) is 5.10 Å². The Labute approximate surface area is 154 Å². The van der Waals surface area contributed by atoms with Crippen molar-refractivity contribution in [2.45, 2.75) is 6.92 Å². The largest absolute Gasteiger partial charge is 0.508 e. The molecule has 5 nitrogen and oxygen atoms in total. The van der Waals surface area contributed by atoms with Gasteiger partial charge in [0.1, 0.15) is 5.75 Å². The Hall–Kier alpha value is -2.38.